The van der Waals surface area contributed by atoms with Crippen LogP contribution < -0.4 is 10.5 Å². The SMILES string of the molecule is CCOC(=O)Cc1csc(CCOc2cccc(N)c2)n1. The van der Waals surface area contributed by atoms with E-state index in [1.54, 1.807) is 13.0 Å². The topological polar surface area (TPSA) is 74.4 Å². The molecule has 0 aliphatic heterocycles. The van der Waals surface area contributed by atoms with Crippen LogP contribution in [0.25, 0.3) is 0 Å². The number of ether oxygens (including phenoxy) is 2. The molecular formula is C15H18N2O3S. The molecule has 6 heteroatoms. The summed E-state index contributed by atoms with van der Waals surface area (Å²) in [4.78, 5) is 15.8. The number of nitrogens with zero attached hydrogens (tertiary/aromatic N) is 1. The van der Waals surface area contributed by atoms with Crippen molar-refractivity contribution in [1.82, 2.24) is 4.98 Å². The summed E-state index contributed by atoms with van der Waals surface area (Å²) >= 11 is 1.52. The summed E-state index contributed by atoms with van der Waals surface area (Å²) in [7, 11) is 0. The molecule has 5 nitrogen and oxygen atoms in total. The predicted molar refractivity (Wildman–Crippen MR) is 82.5 cm³/mol. The molecule has 1 heterocycles. The minimum atomic E-state index is -0.245. The van der Waals surface area contributed by atoms with Crippen molar-refractivity contribution in [2.24, 2.45) is 0 Å². The Bertz CT molecular complexity index is 598. The van der Waals surface area contributed by atoms with Crippen molar-refractivity contribution in [3.8, 4) is 5.75 Å². The van der Waals surface area contributed by atoms with Gasteiger partial charge in [0.05, 0.1) is 30.3 Å². The van der Waals surface area contributed by atoms with Gasteiger partial charge in [0, 0.05) is 23.6 Å². The number of hydrogen-bond acceptors (Lipinski definition) is 6. The molecule has 2 aromatic rings. The van der Waals surface area contributed by atoms with E-state index in [4.69, 9.17) is 15.2 Å². The number of nitrogen functional groups attached to an aromatic ring is 1. The lowest BCUT2D eigenvalue weighted by Crippen LogP contribution is -2.08. The van der Waals surface area contributed by atoms with Gasteiger partial charge in [-0.2, -0.15) is 0 Å². The van der Waals surface area contributed by atoms with E-state index in [2.05, 4.69) is 4.98 Å². The average Bonchev–Trinajstić information content (AvgIpc) is 2.86. The van der Waals surface area contributed by atoms with Crippen LogP contribution in [0.1, 0.15) is 17.6 Å². The maximum atomic E-state index is 11.4. The van der Waals surface area contributed by atoms with E-state index in [1.807, 2.05) is 23.6 Å². The number of hydrogen-bond donors (Lipinski definition) is 1. The summed E-state index contributed by atoms with van der Waals surface area (Å²) in [5.41, 5.74) is 7.11. The number of aromatic nitrogens is 1. The molecule has 0 unspecified atom stereocenters. The van der Waals surface area contributed by atoms with Crippen molar-refractivity contribution < 1.29 is 14.3 Å². The standard InChI is InChI=1S/C15H18N2O3S/c1-2-19-15(18)9-12-10-21-14(17-12)6-7-20-13-5-3-4-11(16)8-13/h3-5,8,10H,2,6-7,9,16H2,1H3. The zero-order valence-electron chi connectivity index (χ0n) is 11.9. The van der Waals surface area contributed by atoms with E-state index in [9.17, 15) is 4.79 Å². The zero-order chi connectivity index (χ0) is 15.1. The quantitative estimate of drug-likeness (QED) is 0.628. The molecule has 2 N–H and O–H groups in total. The second-order valence-electron chi connectivity index (χ2n) is 4.39. The van der Waals surface area contributed by atoms with Crippen LogP contribution in [0.15, 0.2) is 29.6 Å². The van der Waals surface area contributed by atoms with Crippen molar-refractivity contribution >= 4 is 23.0 Å². The Hall–Kier alpha value is -2.08. The summed E-state index contributed by atoms with van der Waals surface area (Å²) in [6.07, 6.45) is 0.919. The van der Waals surface area contributed by atoms with Gasteiger partial charge in [-0.05, 0) is 19.1 Å². The van der Waals surface area contributed by atoms with Gasteiger partial charge < -0.3 is 15.2 Å². The van der Waals surface area contributed by atoms with E-state index in [-0.39, 0.29) is 12.4 Å². The van der Waals surface area contributed by atoms with Crippen molar-refractivity contribution in [3.05, 3.63) is 40.3 Å². The first-order valence-corrected chi connectivity index (χ1v) is 7.62. The molecule has 0 fully saturated rings. The summed E-state index contributed by atoms with van der Waals surface area (Å²) in [5, 5.41) is 2.82. The molecule has 1 aromatic heterocycles. The molecule has 0 spiro atoms. The number of esters is 1. The van der Waals surface area contributed by atoms with Crippen LogP contribution >= 0.6 is 11.3 Å². The smallest absolute Gasteiger partial charge is 0.311 e. The molecule has 0 saturated heterocycles. The monoisotopic (exact) mass is 306 g/mol. The number of carbonyl (C=O) groups excluding carboxylic acids is 1. The highest BCUT2D eigenvalue weighted by molar-refractivity contribution is 7.09. The first kappa shape index (κ1) is 15.3. The maximum absolute atomic E-state index is 11.4. The van der Waals surface area contributed by atoms with Crippen LogP contribution in [0.3, 0.4) is 0 Å². The molecule has 0 bridgehead atoms. The second kappa shape index (κ2) is 7.64. The lowest BCUT2D eigenvalue weighted by atomic mass is 10.3. The van der Waals surface area contributed by atoms with Crippen LogP contribution in [-0.2, 0) is 22.4 Å². The van der Waals surface area contributed by atoms with E-state index < -0.39 is 0 Å². The maximum Gasteiger partial charge on any atom is 0.311 e. The van der Waals surface area contributed by atoms with Gasteiger partial charge in [0.25, 0.3) is 0 Å². The van der Waals surface area contributed by atoms with Crippen LogP contribution in [-0.4, -0.2) is 24.2 Å². The van der Waals surface area contributed by atoms with Crippen molar-refractivity contribution in [2.75, 3.05) is 18.9 Å². The minimum absolute atomic E-state index is 0.223. The van der Waals surface area contributed by atoms with Crippen molar-refractivity contribution in [2.45, 2.75) is 19.8 Å². The van der Waals surface area contributed by atoms with Gasteiger partial charge in [-0.15, -0.1) is 11.3 Å². The fourth-order valence-corrected chi connectivity index (χ4v) is 2.54. The number of rotatable bonds is 7. The summed E-state index contributed by atoms with van der Waals surface area (Å²) < 4.78 is 10.5. The average molecular weight is 306 g/mol. The molecule has 0 atom stereocenters. The fraction of sp³-hybridized carbons (Fsp3) is 0.333. The van der Waals surface area contributed by atoms with Gasteiger partial charge in [-0.3, -0.25) is 4.79 Å². The predicted octanol–water partition coefficient (Wildman–Crippen LogP) is 2.45. The highest BCUT2D eigenvalue weighted by atomic mass is 32.1. The van der Waals surface area contributed by atoms with Gasteiger partial charge in [0.2, 0.25) is 0 Å². The van der Waals surface area contributed by atoms with Crippen molar-refractivity contribution in [1.29, 1.82) is 0 Å². The lowest BCUT2D eigenvalue weighted by molar-refractivity contribution is -0.142. The van der Waals surface area contributed by atoms with E-state index in [0.29, 0.717) is 25.3 Å². The molecule has 1 aromatic carbocycles. The summed E-state index contributed by atoms with van der Waals surface area (Å²) in [6, 6.07) is 7.32. The highest BCUT2D eigenvalue weighted by Crippen LogP contribution is 2.16. The number of thiazole rings is 1. The number of anilines is 1. The third-order valence-corrected chi connectivity index (χ3v) is 3.63. The van der Waals surface area contributed by atoms with Crippen LogP contribution in [0.4, 0.5) is 5.69 Å². The molecule has 0 radical (unpaired) electrons. The second-order valence-corrected chi connectivity index (χ2v) is 5.33. The van der Waals surface area contributed by atoms with Gasteiger partial charge in [-0.25, -0.2) is 4.98 Å². The summed E-state index contributed by atoms with van der Waals surface area (Å²) in [6.45, 7) is 2.71. The normalized spacial score (nSPS) is 10.3. The molecule has 0 aliphatic rings. The fourth-order valence-electron chi connectivity index (χ4n) is 1.77. The van der Waals surface area contributed by atoms with E-state index in [0.717, 1.165) is 16.5 Å². The third-order valence-electron chi connectivity index (χ3n) is 2.67. The third kappa shape index (κ3) is 5.07. The molecular weight excluding hydrogens is 288 g/mol. The van der Waals surface area contributed by atoms with E-state index in [1.165, 1.54) is 11.3 Å². The lowest BCUT2D eigenvalue weighted by Gasteiger charge is -2.05. The van der Waals surface area contributed by atoms with Gasteiger partial charge in [-0.1, -0.05) is 6.07 Å². The molecule has 2 rings (SSSR count). The van der Waals surface area contributed by atoms with Crippen molar-refractivity contribution in [3.63, 3.8) is 0 Å². The van der Waals surface area contributed by atoms with Gasteiger partial charge in [0.15, 0.2) is 0 Å². The molecule has 0 aliphatic carbocycles. The van der Waals surface area contributed by atoms with E-state index >= 15 is 0 Å². The molecule has 0 amide bonds. The number of benzene rings is 1. The Morgan fingerprint density at radius 2 is 2.29 bits per heavy atom. The van der Waals surface area contributed by atoms with Crippen LogP contribution in [0.5, 0.6) is 5.75 Å². The Labute approximate surface area is 127 Å². The largest absolute Gasteiger partial charge is 0.493 e. The molecule has 21 heavy (non-hydrogen) atoms. The summed E-state index contributed by atoms with van der Waals surface area (Å²) in [5.74, 6) is 0.503. The first-order chi connectivity index (χ1) is 10.2. The zero-order valence-corrected chi connectivity index (χ0v) is 12.7. The Kier molecular flexibility index (Phi) is 5.57. The van der Waals surface area contributed by atoms with Crippen LogP contribution in [0, 0.1) is 0 Å². The van der Waals surface area contributed by atoms with Crippen LogP contribution in [0.2, 0.25) is 0 Å². The number of carbonyl (C=O) groups is 1. The Morgan fingerprint density at radius 1 is 1.43 bits per heavy atom. The van der Waals surface area contributed by atoms with Gasteiger partial charge >= 0.3 is 5.97 Å². The molecule has 112 valence electrons. The number of nitrogens with two attached hydrogens (primary N) is 1. The highest BCUT2D eigenvalue weighted by Gasteiger charge is 2.08. The van der Waals surface area contributed by atoms with Gasteiger partial charge in [0.1, 0.15) is 5.75 Å². The Balaban J connectivity index is 1.79. The minimum Gasteiger partial charge on any atom is -0.493 e. The molecule has 0 saturated carbocycles. The first-order valence-electron chi connectivity index (χ1n) is 6.74. The Morgan fingerprint density at radius 3 is 3.05 bits per heavy atom.